The summed E-state index contributed by atoms with van der Waals surface area (Å²) in [4.78, 5) is 27.6. The van der Waals surface area contributed by atoms with E-state index in [2.05, 4.69) is 0 Å². The number of ether oxygens (including phenoxy) is 3. The van der Waals surface area contributed by atoms with Crippen LogP contribution in [0.3, 0.4) is 0 Å². The zero-order valence-electron chi connectivity index (χ0n) is 21.8. The summed E-state index contributed by atoms with van der Waals surface area (Å²) in [5.74, 6) is -1.03. The molecule has 1 heterocycles. The van der Waals surface area contributed by atoms with Crippen LogP contribution in [0, 0.1) is 0 Å². The largest absolute Gasteiger partial charge is 0.495 e. The minimum atomic E-state index is -3.93. The number of morpholine rings is 1. The molecule has 3 aromatic rings. The zero-order chi connectivity index (χ0) is 27.7. The average Bonchev–Trinajstić information content (AvgIpc) is 2.99. The summed E-state index contributed by atoms with van der Waals surface area (Å²) in [6.45, 7) is 1.32. The van der Waals surface area contributed by atoms with Gasteiger partial charge < -0.3 is 19.1 Å². The van der Waals surface area contributed by atoms with Gasteiger partial charge in [-0.15, -0.1) is 0 Å². The van der Waals surface area contributed by atoms with Gasteiger partial charge in [-0.1, -0.05) is 60.7 Å². The fourth-order valence-electron chi connectivity index (χ4n) is 4.24. The first kappa shape index (κ1) is 28.3. The van der Waals surface area contributed by atoms with Crippen LogP contribution in [-0.2, 0) is 37.3 Å². The first-order valence-corrected chi connectivity index (χ1v) is 14.1. The smallest absolute Gasteiger partial charge is 0.338 e. The number of amides is 1. The summed E-state index contributed by atoms with van der Waals surface area (Å²) in [5.41, 5.74) is 2.06. The van der Waals surface area contributed by atoms with Crippen molar-refractivity contribution in [1.29, 1.82) is 0 Å². The summed E-state index contributed by atoms with van der Waals surface area (Å²) >= 11 is 0. The molecule has 39 heavy (non-hydrogen) atoms. The monoisotopic (exact) mass is 552 g/mol. The highest BCUT2D eigenvalue weighted by Gasteiger charge is 2.30. The van der Waals surface area contributed by atoms with E-state index in [1.807, 2.05) is 60.7 Å². The van der Waals surface area contributed by atoms with Crippen LogP contribution in [0.2, 0.25) is 0 Å². The van der Waals surface area contributed by atoms with E-state index in [9.17, 15) is 18.0 Å². The molecule has 1 aliphatic heterocycles. The number of carbonyl (C=O) groups excluding carboxylic acids is 2. The Morgan fingerprint density at radius 3 is 2.21 bits per heavy atom. The number of hydrogen-bond donors (Lipinski definition) is 0. The zero-order valence-corrected chi connectivity index (χ0v) is 22.6. The molecular weight excluding hydrogens is 520 g/mol. The molecule has 1 saturated heterocycles. The third kappa shape index (κ3) is 7.44. The fraction of sp³-hybridized carbons (Fsp3) is 0.310. The molecule has 0 unspecified atom stereocenters. The van der Waals surface area contributed by atoms with Crippen LogP contribution >= 0.6 is 0 Å². The van der Waals surface area contributed by atoms with Gasteiger partial charge in [-0.2, -0.15) is 4.31 Å². The van der Waals surface area contributed by atoms with Crippen molar-refractivity contribution >= 4 is 21.9 Å². The van der Waals surface area contributed by atoms with E-state index in [-0.39, 0.29) is 48.4 Å². The standard InChI is InChI=1S/C29H32N2O7S/c1-36-26-13-12-25(20-27(26)39(34,35)31-16-18-37-19-17-31)29(33)38-22-28(32)30(21-24-10-6-3-7-11-24)15-14-23-8-4-2-5-9-23/h2-13,20H,14-19,21-22H2,1H3. The van der Waals surface area contributed by atoms with E-state index >= 15 is 0 Å². The number of carbonyl (C=O) groups is 2. The van der Waals surface area contributed by atoms with Crippen molar-refractivity contribution in [2.45, 2.75) is 17.9 Å². The molecule has 0 aromatic heterocycles. The highest BCUT2D eigenvalue weighted by molar-refractivity contribution is 7.89. The fourth-order valence-corrected chi connectivity index (χ4v) is 5.83. The second-order valence-corrected chi connectivity index (χ2v) is 10.9. The van der Waals surface area contributed by atoms with Crippen molar-refractivity contribution in [3.8, 4) is 5.75 Å². The summed E-state index contributed by atoms with van der Waals surface area (Å²) in [6.07, 6.45) is 0.647. The molecule has 206 valence electrons. The number of esters is 1. The van der Waals surface area contributed by atoms with Crippen molar-refractivity contribution in [3.63, 3.8) is 0 Å². The van der Waals surface area contributed by atoms with Gasteiger partial charge in [0.25, 0.3) is 5.91 Å². The van der Waals surface area contributed by atoms with Gasteiger partial charge in [0.1, 0.15) is 10.6 Å². The molecule has 1 aliphatic rings. The molecule has 1 amide bonds. The molecule has 0 atom stereocenters. The SMILES string of the molecule is COc1ccc(C(=O)OCC(=O)N(CCc2ccccc2)Cc2ccccc2)cc1S(=O)(=O)N1CCOCC1. The average molecular weight is 553 g/mol. The van der Waals surface area contributed by atoms with Crippen LogP contribution in [0.15, 0.2) is 83.8 Å². The summed E-state index contributed by atoms with van der Waals surface area (Å²) in [6, 6.07) is 23.5. The molecule has 1 fully saturated rings. The van der Waals surface area contributed by atoms with Crippen LogP contribution in [0.1, 0.15) is 21.5 Å². The third-order valence-corrected chi connectivity index (χ3v) is 8.32. The maximum absolute atomic E-state index is 13.2. The lowest BCUT2D eigenvalue weighted by atomic mass is 10.1. The highest BCUT2D eigenvalue weighted by atomic mass is 32.2. The molecule has 0 radical (unpaired) electrons. The van der Waals surface area contributed by atoms with Gasteiger partial charge in [-0.25, -0.2) is 13.2 Å². The van der Waals surface area contributed by atoms with Gasteiger partial charge in [-0.3, -0.25) is 4.79 Å². The van der Waals surface area contributed by atoms with Gasteiger partial charge in [0.2, 0.25) is 10.0 Å². The van der Waals surface area contributed by atoms with Gasteiger partial charge in [0.15, 0.2) is 6.61 Å². The van der Waals surface area contributed by atoms with Crippen molar-refractivity contribution in [1.82, 2.24) is 9.21 Å². The number of benzene rings is 3. The number of rotatable bonds is 11. The lowest BCUT2D eigenvalue weighted by Gasteiger charge is -2.26. The second-order valence-electron chi connectivity index (χ2n) is 8.99. The lowest BCUT2D eigenvalue weighted by molar-refractivity contribution is -0.135. The van der Waals surface area contributed by atoms with Gasteiger partial charge in [0.05, 0.1) is 25.9 Å². The molecule has 0 spiro atoms. The number of sulfonamides is 1. The number of nitrogens with zero attached hydrogens (tertiary/aromatic N) is 2. The van der Waals surface area contributed by atoms with E-state index in [0.29, 0.717) is 19.5 Å². The topological polar surface area (TPSA) is 102 Å². The Morgan fingerprint density at radius 1 is 0.923 bits per heavy atom. The Balaban J connectivity index is 1.46. The van der Waals surface area contributed by atoms with E-state index < -0.39 is 22.6 Å². The van der Waals surface area contributed by atoms with Crippen molar-refractivity contribution in [3.05, 3.63) is 95.6 Å². The highest BCUT2D eigenvalue weighted by Crippen LogP contribution is 2.28. The molecule has 0 aliphatic carbocycles. The van der Waals surface area contributed by atoms with Crippen LogP contribution in [0.25, 0.3) is 0 Å². The first-order chi connectivity index (χ1) is 18.9. The molecule has 3 aromatic carbocycles. The molecule has 0 saturated carbocycles. The van der Waals surface area contributed by atoms with Gasteiger partial charge in [-0.05, 0) is 35.7 Å². The maximum atomic E-state index is 13.2. The normalized spacial score (nSPS) is 14.0. The Kier molecular flexibility index (Phi) is 9.69. The third-order valence-electron chi connectivity index (χ3n) is 6.40. The first-order valence-electron chi connectivity index (χ1n) is 12.7. The summed E-state index contributed by atoms with van der Waals surface area (Å²) < 4.78 is 43.6. The van der Waals surface area contributed by atoms with Crippen molar-refractivity contribution in [2.24, 2.45) is 0 Å². The van der Waals surface area contributed by atoms with E-state index in [0.717, 1.165) is 11.1 Å². The minimum Gasteiger partial charge on any atom is -0.495 e. The van der Waals surface area contributed by atoms with Crippen LogP contribution in [-0.4, -0.2) is 76.1 Å². The Hall–Kier alpha value is -3.73. The Morgan fingerprint density at radius 2 is 1.56 bits per heavy atom. The van der Waals surface area contributed by atoms with Crippen molar-refractivity contribution in [2.75, 3.05) is 46.6 Å². The molecule has 0 N–H and O–H groups in total. The van der Waals surface area contributed by atoms with Gasteiger partial charge in [0, 0.05) is 26.2 Å². The van der Waals surface area contributed by atoms with Gasteiger partial charge >= 0.3 is 5.97 Å². The summed E-state index contributed by atoms with van der Waals surface area (Å²) in [5, 5.41) is 0. The minimum absolute atomic E-state index is 0.00864. The van der Waals surface area contributed by atoms with Crippen LogP contribution in [0.4, 0.5) is 0 Å². The van der Waals surface area contributed by atoms with E-state index in [4.69, 9.17) is 14.2 Å². The molecule has 0 bridgehead atoms. The van der Waals surface area contributed by atoms with E-state index in [1.54, 1.807) is 4.90 Å². The van der Waals surface area contributed by atoms with Crippen LogP contribution < -0.4 is 4.74 Å². The van der Waals surface area contributed by atoms with Crippen molar-refractivity contribution < 1.29 is 32.2 Å². The maximum Gasteiger partial charge on any atom is 0.338 e. The molecule has 4 rings (SSSR count). The number of hydrogen-bond acceptors (Lipinski definition) is 7. The predicted octanol–water partition coefficient (Wildman–Crippen LogP) is 3.14. The molecular formula is C29H32N2O7S. The second kappa shape index (κ2) is 13.4. The number of methoxy groups -OCH3 is 1. The quantitative estimate of drug-likeness (QED) is 0.337. The Bertz CT molecular complexity index is 1360. The summed E-state index contributed by atoms with van der Waals surface area (Å²) in [7, 11) is -2.57. The van der Waals surface area contributed by atoms with Crippen LogP contribution in [0.5, 0.6) is 5.75 Å². The predicted molar refractivity (Wildman–Crippen MR) is 145 cm³/mol. The molecule has 9 nitrogen and oxygen atoms in total. The van der Waals surface area contributed by atoms with E-state index in [1.165, 1.54) is 29.6 Å². The lowest BCUT2D eigenvalue weighted by Crippen LogP contribution is -2.40. The Labute approximate surface area is 228 Å². The molecule has 10 heteroatoms.